The average Bonchev–Trinajstić information content (AvgIpc) is 2.65. The van der Waals surface area contributed by atoms with Crippen molar-refractivity contribution in [3.8, 4) is 0 Å². The Kier molecular flexibility index (Phi) is 4.86. The fraction of sp³-hybridized carbons (Fsp3) is 0.714. The molecule has 1 saturated heterocycles. The molecule has 1 fully saturated rings. The number of likely N-dealkylation sites (tertiary alicyclic amines) is 1. The summed E-state index contributed by atoms with van der Waals surface area (Å²) in [5.74, 6) is 1.62. The van der Waals surface area contributed by atoms with Crippen LogP contribution in [0.5, 0.6) is 0 Å². The lowest BCUT2D eigenvalue weighted by Gasteiger charge is -2.39. The Morgan fingerprint density at radius 2 is 2.22 bits per heavy atom. The minimum absolute atomic E-state index is 0.398. The molecular formula is C14H23BrN2S. The number of thiophene rings is 1. The van der Waals surface area contributed by atoms with Gasteiger partial charge >= 0.3 is 0 Å². The Balaban J connectivity index is 2.13. The molecule has 0 amide bonds. The molecule has 4 heteroatoms. The quantitative estimate of drug-likeness (QED) is 0.913. The van der Waals surface area contributed by atoms with Crippen LogP contribution >= 0.6 is 27.3 Å². The van der Waals surface area contributed by atoms with Gasteiger partial charge in [0.25, 0.3) is 0 Å². The van der Waals surface area contributed by atoms with Gasteiger partial charge in [-0.2, -0.15) is 0 Å². The van der Waals surface area contributed by atoms with Crippen LogP contribution in [0.1, 0.15) is 36.1 Å². The summed E-state index contributed by atoms with van der Waals surface area (Å²) in [4.78, 5) is 5.33. The van der Waals surface area contributed by atoms with Crippen molar-refractivity contribution in [1.29, 1.82) is 0 Å². The van der Waals surface area contributed by atoms with Gasteiger partial charge in [-0.05, 0) is 53.7 Å². The summed E-state index contributed by atoms with van der Waals surface area (Å²) in [5.41, 5.74) is 6.02. The molecule has 0 saturated carbocycles. The first kappa shape index (κ1) is 14.5. The maximum atomic E-state index is 6.02. The van der Waals surface area contributed by atoms with Gasteiger partial charge in [0, 0.05) is 27.3 Å². The number of aryl methyl sites for hydroxylation is 1. The van der Waals surface area contributed by atoms with E-state index in [2.05, 4.69) is 47.7 Å². The molecule has 2 heterocycles. The summed E-state index contributed by atoms with van der Waals surface area (Å²) < 4.78 is 1.22. The van der Waals surface area contributed by atoms with Crippen LogP contribution < -0.4 is 5.73 Å². The van der Waals surface area contributed by atoms with Crippen molar-refractivity contribution in [2.45, 2.75) is 33.2 Å². The molecule has 0 radical (unpaired) electrons. The van der Waals surface area contributed by atoms with E-state index in [0.717, 1.165) is 11.8 Å². The second kappa shape index (κ2) is 6.04. The number of rotatable bonds is 3. The van der Waals surface area contributed by atoms with Gasteiger partial charge in [-0.3, -0.25) is 4.90 Å². The topological polar surface area (TPSA) is 29.3 Å². The molecule has 1 aliphatic heterocycles. The zero-order chi connectivity index (χ0) is 13.3. The standard InChI is InChI=1S/C14H23BrN2S/c1-9-4-5-17(8-10(9)2)13(7-16)14-6-12(15)11(3)18-14/h6,9-10,13H,4-5,7-8,16H2,1-3H3. The molecule has 102 valence electrons. The highest BCUT2D eigenvalue weighted by Crippen LogP contribution is 2.35. The van der Waals surface area contributed by atoms with Crippen LogP contribution in [0.2, 0.25) is 0 Å². The summed E-state index contributed by atoms with van der Waals surface area (Å²) in [5, 5.41) is 0. The van der Waals surface area contributed by atoms with Crippen LogP contribution in [-0.4, -0.2) is 24.5 Å². The lowest BCUT2D eigenvalue weighted by molar-refractivity contribution is 0.0997. The highest BCUT2D eigenvalue weighted by molar-refractivity contribution is 9.10. The van der Waals surface area contributed by atoms with Gasteiger partial charge in [0.2, 0.25) is 0 Å². The maximum absolute atomic E-state index is 6.02. The number of nitrogens with zero attached hydrogens (tertiary/aromatic N) is 1. The first-order chi connectivity index (χ1) is 8.52. The normalized spacial score (nSPS) is 27.4. The maximum Gasteiger partial charge on any atom is 0.0564 e. The highest BCUT2D eigenvalue weighted by atomic mass is 79.9. The molecular weight excluding hydrogens is 308 g/mol. The van der Waals surface area contributed by atoms with Crippen LogP contribution in [0, 0.1) is 18.8 Å². The fourth-order valence-electron chi connectivity index (χ4n) is 2.67. The lowest BCUT2D eigenvalue weighted by Crippen LogP contribution is -2.42. The Morgan fingerprint density at radius 3 is 2.72 bits per heavy atom. The van der Waals surface area contributed by atoms with E-state index in [-0.39, 0.29) is 0 Å². The summed E-state index contributed by atoms with van der Waals surface area (Å²) in [6.45, 7) is 9.96. The molecule has 18 heavy (non-hydrogen) atoms. The average molecular weight is 331 g/mol. The number of piperidine rings is 1. The van der Waals surface area contributed by atoms with E-state index in [1.54, 1.807) is 0 Å². The van der Waals surface area contributed by atoms with Crippen molar-refractivity contribution in [2.24, 2.45) is 17.6 Å². The van der Waals surface area contributed by atoms with Gasteiger partial charge in [0.15, 0.2) is 0 Å². The number of hydrogen-bond donors (Lipinski definition) is 1. The minimum atomic E-state index is 0.398. The second-order valence-corrected chi connectivity index (χ2v) is 7.68. The van der Waals surface area contributed by atoms with Crippen molar-refractivity contribution in [3.05, 3.63) is 20.3 Å². The van der Waals surface area contributed by atoms with E-state index in [0.29, 0.717) is 12.6 Å². The fourth-order valence-corrected chi connectivity index (χ4v) is 4.38. The van der Waals surface area contributed by atoms with E-state index in [9.17, 15) is 0 Å². The molecule has 2 N–H and O–H groups in total. The third-order valence-corrected chi connectivity index (χ3v) is 6.47. The van der Waals surface area contributed by atoms with Crippen LogP contribution in [-0.2, 0) is 0 Å². The monoisotopic (exact) mass is 330 g/mol. The van der Waals surface area contributed by atoms with Crippen molar-refractivity contribution in [3.63, 3.8) is 0 Å². The van der Waals surface area contributed by atoms with Crippen LogP contribution in [0.3, 0.4) is 0 Å². The van der Waals surface area contributed by atoms with E-state index in [1.165, 1.54) is 33.7 Å². The summed E-state index contributed by atoms with van der Waals surface area (Å²) in [6, 6.07) is 2.65. The number of halogens is 1. The Hall–Kier alpha value is 0.100. The van der Waals surface area contributed by atoms with Gasteiger partial charge in [-0.15, -0.1) is 11.3 Å². The molecule has 3 unspecified atom stereocenters. The molecule has 2 nitrogen and oxygen atoms in total. The SMILES string of the molecule is Cc1sc(C(CN)N2CCC(C)C(C)C2)cc1Br. The van der Waals surface area contributed by atoms with Gasteiger partial charge in [0.05, 0.1) is 6.04 Å². The number of nitrogens with two attached hydrogens (primary N) is 1. The smallest absolute Gasteiger partial charge is 0.0564 e. The van der Waals surface area contributed by atoms with Gasteiger partial charge < -0.3 is 5.73 Å². The molecule has 0 bridgehead atoms. The first-order valence-electron chi connectivity index (χ1n) is 6.72. The summed E-state index contributed by atoms with van der Waals surface area (Å²) >= 11 is 5.48. The Bertz CT molecular complexity index is 385. The van der Waals surface area contributed by atoms with Crippen molar-refractivity contribution >= 4 is 27.3 Å². The predicted molar refractivity (Wildman–Crippen MR) is 83.1 cm³/mol. The molecule has 0 aromatic carbocycles. The molecule has 0 aliphatic carbocycles. The molecule has 2 rings (SSSR count). The molecule has 1 aromatic heterocycles. The van der Waals surface area contributed by atoms with Crippen LogP contribution in [0.15, 0.2) is 10.5 Å². The third-order valence-electron chi connectivity index (χ3n) is 4.23. The lowest BCUT2D eigenvalue weighted by atomic mass is 9.88. The van der Waals surface area contributed by atoms with Crippen molar-refractivity contribution in [2.75, 3.05) is 19.6 Å². The zero-order valence-corrected chi connectivity index (χ0v) is 13.9. The zero-order valence-electron chi connectivity index (χ0n) is 11.4. The Morgan fingerprint density at radius 1 is 1.50 bits per heavy atom. The van der Waals surface area contributed by atoms with E-state index >= 15 is 0 Å². The van der Waals surface area contributed by atoms with Crippen molar-refractivity contribution < 1.29 is 0 Å². The second-order valence-electron chi connectivity index (χ2n) is 5.54. The summed E-state index contributed by atoms with van der Waals surface area (Å²) in [6.07, 6.45) is 1.29. The molecule has 1 aliphatic rings. The van der Waals surface area contributed by atoms with E-state index in [1.807, 2.05) is 11.3 Å². The molecule has 3 atom stereocenters. The van der Waals surface area contributed by atoms with Crippen LogP contribution in [0.4, 0.5) is 0 Å². The summed E-state index contributed by atoms with van der Waals surface area (Å²) in [7, 11) is 0. The largest absolute Gasteiger partial charge is 0.329 e. The third kappa shape index (κ3) is 2.98. The van der Waals surface area contributed by atoms with Gasteiger partial charge in [-0.25, -0.2) is 0 Å². The number of hydrogen-bond acceptors (Lipinski definition) is 3. The highest BCUT2D eigenvalue weighted by Gasteiger charge is 2.28. The first-order valence-corrected chi connectivity index (χ1v) is 8.33. The van der Waals surface area contributed by atoms with Gasteiger partial charge in [-0.1, -0.05) is 13.8 Å². The van der Waals surface area contributed by atoms with Crippen molar-refractivity contribution in [1.82, 2.24) is 4.90 Å². The van der Waals surface area contributed by atoms with Gasteiger partial charge in [0.1, 0.15) is 0 Å². The Labute approximate surface area is 123 Å². The molecule has 0 spiro atoms. The van der Waals surface area contributed by atoms with E-state index < -0.39 is 0 Å². The van der Waals surface area contributed by atoms with Crippen LogP contribution in [0.25, 0.3) is 0 Å². The predicted octanol–water partition coefficient (Wildman–Crippen LogP) is 3.80. The van der Waals surface area contributed by atoms with E-state index in [4.69, 9.17) is 5.73 Å². The molecule has 1 aromatic rings. The minimum Gasteiger partial charge on any atom is -0.329 e.